The molecule has 1 aliphatic heterocycles. The van der Waals surface area contributed by atoms with Crippen LogP contribution in [0, 0.1) is 0 Å². The number of carbonyl (C=O) groups is 1. The molecule has 0 aromatic carbocycles. The van der Waals surface area contributed by atoms with Crippen molar-refractivity contribution in [2.75, 3.05) is 48.9 Å². The third-order valence-corrected chi connectivity index (χ3v) is 3.97. The summed E-state index contributed by atoms with van der Waals surface area (Å²) in [7, 11) is 3.76. The van der Waals surface area contributed by atoms with E-state index in [1.165, 1.54) is 6.42 Å². The van der Waals surface area contributed by atoms with Crippen LogP contribution in [0.25, 0.3) is 0 Å². The van der Waals surface area contributed by atoms with Gasteiger partial charge in [0.2, 0.25) is 5.95 Å². The number of amides is 1. The summed E-state index contributed by atoms with van der Waals surface area (Å²) in [6.07, 6.45) is 8.30. The second kappa shape index (κ2) is 8.41. The highest BCUT2D eigenvalue weighted by Crippen LogP contribution is 2.25. The zero-order valence-corrected chi connectivity index (χ0v) is 15.1. The largest absolute Gasteiger partial charge is 0.453 e. The highest BCUT2D eigenvalue weighted by molar-refractivity contribution is 5.94. The summed E-state index contributed by atoms with van der Waals surface area (Å²) in [5.41, 5.74) is 0.540. The molecule has 1 N–H and O–H groups in total. The molecule has 0 atom stereocenters. The van der Waals surface area contributed by atoms with Gasteiger partial charge in [-0.25, -0.2) is 15.0 Å². The Kier molecular flexibility index (Phi) is 5.77. The molecule has 1 amide bonds. The van der Waals surface area contributed by atoms with Crippen molar-refractivity contribution in [2.45, 2.75) is 19.3 Å². The molecule has 0 saturated carbocycles. The minimum Gasteiger partial charge on any atom is -0.453 e. The molecule has 3 heterocycles. The number of hydrogen-bond acceptors (Lipinski definition) is 8. The highest BCUT2D eigenvalue weighted by atomic mass is 16.5. The summed E-state index contributed by atoms with van der Waals surface area (Å²) in [6.45, 7) is 1.73. The molecule has 138 valence electrons. The lowest BCUT2D eigenvalue weighted by molar-refractivity contribution is -0.118. The topological polar surface area (TPSA) is 96.4 Å². The molecule has 9 heteroatoms. The van der Waals surface area contributed by atoms with Gasteiger partial charge in [-0.3, -0.25) is 4.79 Å². The third kappa shape index (κ3) is 4.56. The van der Waals surface area contributed by atoms with E-state index in [9.17, 15) is 4.79 Å². The average molecular weight is 357 g/mol. The Morgan fingerprint density at radius 2 is 1.92 bits per heavy atom. The second-order valence-corrected chi connectivity index (χ2v) is 6.22. The summed E-state index contributed by atoms with van der Waals surface area (Å²) < 4.78 is 5.26. The maximum Gasteiger partial charge on any atom is 0.316 e. The van der Waals surface area contributed by atoms with Gasteiger partial charge in [-0.05, 0) is 25.3 Å². The van der Waals surface area contributed by atoms with Gasteiger partial charge in [-0.1, -0.05) is 0 Å². The van der Waals surface area contributed by atoms with Crippen molar-refractivity contribution in [3.8, 4) is 6.01 Å². The minimum absolute atomic E-state index is 0.159. The quantitative estimate of drug-likeness (QED) is 0.827. The first-order valence-corrected chi connectivity index (χ1v) is 8.62. The van der Waals surface area contributed by atoms with Crippen LogP contribution < -0.4 is 19.9 Å². The number of nitrogens with one attached hydrogen (secondary N) is 1. The van der Waals surface area contributed by atoms with Crippen molar-refractivity contribution in [2.24, 2.45) is 0 Å². The Hall–Kier alpha value is -2.97. The third-order valence-electron chi connectivity index (χ3n) is 3.97. The van der Waals surface area contributed by atoms with Gasteiger partial charge in [-0.2, -0.15) is 4.98 Å². The van der Waals surface area contributed by atoms with Crippen LogP contribution in [0.3, 0.4) is 0 Å². The molecule has 0 radical (unpaired) electrons. The van der Waals surface area contributed by atoms with Gasteiger partial charge in [0.05, 0.1) is 6.20 Å². The van der Waals surface area contributed by atoms with E-state index in [1.807, 2.05) is 19.0 Å². The van der Waals surface area contributed by atoms with Crippen LogP contribution in [0.4, 0.5) is 17.5 Å². The molecule has 0 spiro atoms. The van der Waals surface area contributed by atoms with Gasteiger partial charge >= 0.3 is 6.01 Å². The molecular formula is C17H23N7O2. The van der Waals surface area contributed by atoms with Crippen molar-refractivity contribution >= 4 is 23.4 Å². The Morgan fingerprint density at radius 3 is 2.62 bits per heavy atom. The van der Waals surface area contributed by atoms with Crippen molar-refractivity contribution in [3.05, 3.63) is 24.7 Å². The maximum absolute atomic E-state index is 12.2. The lowest BCUT2D eigenvalue weighted by atomic mass is 10.1. The predicted octanol–water partition coefficient (Wildman–Crippen LogP) is 1.34. The molecule has 1 aliphatic rings. The summed E-state index contributed by atoms with van der Waals surface area (Å²) in [5, 5.41) is 2.79. The molecule has 3 rings (SSSR count). The van der Waals surface area contributed by atoms with Gasteiger partial charge in [-0.15, -0.1) is 0 Å². The number of piperidine rings is 1. The summed E-state index contributed by atoms with van der Waals surface area (Å²) >= 11 is 0. The Morgan fingerprint density at radius 1 is 1.19 bits per heavy atom. The molecule has 0 unspecified atom stereocenters. The van der Waals surface area contributed by atoms with Gasteiger partial charge in [0.1, 0.15) is 5.69 Å². The van der Waals surface area contributed by atoms with Crippen LogP contribution in [-0.4, -0.2) is 59.6 Å². The van der Waals surface area contributed by atoms with Gasteiger partial charge in [0.15, 0.2) is 12.4 Å². The van der Waals surface area contributed by atoms with Gasteiger partial charge in [0, 0.05) is 39.6 Å². The monoisotopic (exact) mass is 357 g/mol. The van der Waals surface area contributed by atoms with E-state index in [0.29, 0.717) is 17.5 Å². The van der Waals surface area contributed by atoms with Gasteiger partial charge < -0.3 is 19.9 Å². The smallest absolute Gasteiger partial charge is 0.316 e. The fourth-order valence-corrected chi connectivity index (χ4v) is 2.72. The standard InChI is InChI=1S/C17H23N7O2/c1-23(2)15-13(11-20-16(22-15)24-9-4-3-5-10-24)21-14(25)12-26-17-18-7-6-8-19-17/h6-8,11H,3-5,9-10,12H2,1-2H3,(H,21,25). The Balaban J connectivity index is 1.67. The molecule has 0 aliphatic carbocycles. The van der Waals surface area contributed by atoms with Crippen LogP contribution >= 0.6 is 0 Å². The lowest BCUT2D eigenvalue weighted by Gasteiger charge is -2.28. The second-order valence-electron chi connectivity index (χ2n) is 6.22. The molecule has 26 heavy (non-hydrogen) atoms. The van der Waals surface area contributed by atoms with E-state index < -0.39 is 0 Å². The number of nitrogens with zero attached hydrogens (tertiary/aromatic N) is 6. The molecule has 2 aromatic heterocycles. The van der Waals surface area contributed by atoms with Crippen LogP contribution in [0.5, 0.6) is 6.01 Å². The van der Waals surface area contributed by atoms with Crippen LogP contribution in [0.2, 0.25) is 0 Å². The SMILES string of the molecule is CN(C)c1nc(N2CCCCC2)ncc1NC(=O)COc1ncccn1. The average Bonchev–Trinajstić information content (AvgIpc) is 2.68. The zero-order chi connectivity index (χ0) is 18.4. The molecule has 1 saturated heterocycles. The minimum atomic E-state index is -0.324. The number of aromatic nitrogens is 4. The lowest BCUT2D eigenvalue weighted by Crippen LogP contribution is -2.31. The van der Waals surface area contributed by atoms with Crippen LogP contribution in [-0.2, 0) is 4.79 Å². The summed E-state index contributed by atoms with van der Waals surface area (Å²) in [4.78, 5) is 33.1. The number of ether oxygens (including phenoxy) is 1. The molecule has 0 bridgehead atoms. The number of anilines is 3. The Labute approximate surface area is 152 Å². The van der Waals surface area contributed by atoms with Crippen molar-refractivity contribution < 1.29 is 9.53 Å². The van der Waals surface area contributed by atoms with Gasteiger partial charge in [0.25, 0.3) is 5.91 Å². The van der Waals surface area contributed by atoms with Crippen molar-refractivity contribution in [1.82, 2.24) is 19.9 Å². The first-order chi connectivity index (χ1) is 12.6. The van der Waals surface area contributed by atoms with E-state index in [-0.39, 0.29) is 18.5 Å². The summed E-state index contributed by atoms with van der Waals surface area (Å²) in [6, 6.07) is 1.84. The van der Waals surface area contributed by atoms with E-state index in [0.717, 1.165) is 25.9 Å². The van der Waals surface area contributed by atoms with Crippen molar-refractivity contribution in [3.63, 3.8) is 0 Å². The van der Waals surface area contributed by atoms with Crippen LogP contribution in [0.15, 0.2) is 24.7 Å². The fraction of sp³-hybridized carbons (Fsp3) is 0.471. The first kappa shape index (κ1) is 17.8. The normalized spacial score (nSPS) is 14.0. The highest BCUT2D eigenvalue weighted by Gasteiger charge is 2.18. The zero-order valence-electron chi connectivity index (χ0n) is 15.1. The number of hydrogen-bond donors (Lipinski definition) is 1. The summed E-state index contributed by atoms with van der Waals surface area (Å²) in [5.74, 6) is 1.03. The number of rotatable bonds is 6. The first-order valence-electron chi connectivity index (χ1n) is 8.62. The number of carbonyl (C=O) groups excluding carboxylic acids is 1. The predicted molar refractivity (Wildman–Crippen MR) is 98.6 cm³/mol. The molecule has 9 nitrogen and oxygen atoms in total. The van der Waals surface area contributed by atoms with Crippen LogP contribution in [0.1, 0.15) is 19.3 Å². The van der Waals surface area contributed by atoms with E-state index in [4.69, 9.17) is 4.74 Å². The fourth-order valence-electron chi connectivity index (χ4n) is 2.72. The van der Waals surface area contributed by atoms with E-state index in [1.54, 1.807) is 24.7 Å². The molecule has 2 aromatic rings. The molecule has 1 fully saturated rings. The maximum atomic E-state index is 12.2. The Bertz CT molecular complexity index is 733. The van der Waals surface area contributed by atoms with E-state index >= 15 is 0 Å². The van der Waals surface area contributed by atoms with E-state index in [2.05, 4.69) is 30.2 Å². The van der Waals surface area contributed by atoms with Crippen molar-refractivity contribution in [1.29, 1.82) is 0 Å². The molecular weight excluding hydrogens is 334 g/mol.